The summed E-state index contributed by atoms with van der Waals surface area (Å²) in [4.78, 5) is 12.3. The van der Waals surface area contributed by atoms with E-state index in [0.717, 1.165) is 25.8 Å². The highest BCUT2D eigenvalue weighted by molar-refractivity contribution is 5.79. The molecule has 0 aromatic heterocycles. The van der Waals surface area contributed by atoms with E-state index in [1.54, 1.807) is 0 Å². The predicted octanol–water partition coefficient (Wildman–Crippen LogP) is 3.97. The van der Waals surface area contributed by atoms with Crippen molar-refractivity contribution in [2.75, 3.05) is 13.1 Å². The van der Waals surface area contributed by atoms with Crippen LogP contribution in [-0.2, 0) is 4.79 Å². The number of unbranched alkanes of at least 4 members (excludes halogenated alkanes) is 1. The zero-order valence-corrected chi connectivity index (χ0v) is 15.1. The van der Waals surface area contributed by atoms with E-state index in [-0.39, 0.29) is 22.7 Å². The fourth-order valence-electron chi connectivity index (χ4n) is 2.01. The number of rotatable bonds is 6. The van der Waals surface area contributed by atoms with Crippen molar-refractivity contribution in [3.8, 4) is 0 Å². The summed E-state index contributed by atoms with van der Waals surface area (Å²) in [6.45, 7) is 18.4. The number of nitrogens with two attached hydrogens (primary N) is 1. The monoisotopic (exact) mass is 286 g/mol. The van der Waals surface area contributed by atoms with Crippen LogP contribution in [0.5, 0.6) is 0 Å². The van der Waals surface area contributed by atoms with E-state index in [2.05, 4.69) is 46.9 Å². The maximum atomic E-state index is 12.3. The van der Waals surface area contributed by atoms with Crippen molar-refractivity contribution < 1.29 is 4.79 Å². The third-order valence-electron chi connectivity index (χ3n) is 3.11. The van der Waals surface area contributed by atoms with Crippen molar-refractivity contribution >= 4 is 5.91 Å². The van der Waals surface area contributed by atoms with Crippen LogP contribution in [0, 0.1) is 16.7 Å². The molecule has 0 aliphatic heterocycles. The van der Waals surface area contributed by atoms with Crippen LogP contribution in [-0.4, -0.2) is 19.0 Å². The lowest BCUT2D eigenvalue weighted by Gasteiger charge is -2.34. The van der Waals surface area contributed by atoms with Crippen LogP contribution in [0.25, 0.3) is 0 Å². The van der Waals surface area contributed by atoms with Crippen LogP contribution in [0.15, 0.2) is 0 Å². The number of carbonyl (C=O) groups excluding carboxylic acids is 1. The lowest BCUT2D eigenvalue weighted by molar-refractivity contribution is -0.129. The van der Waals surface area contributed by atoms with Gasteiger partial charge in [-0.1, -0.05) is 55.4 Å². The Balaban J connectivity index is 0. The fraction of sp³-hybridized carbons (Fsp3) is 0.941. The summed E-state index contributed by atoms with van der Waals surface area (Å²) in [5.41, 5.74) is 5.62. The molecule has 3 heteroatoms. The first-order chi connectivity index (χ1) is 9.08. The van der Waals surface area contributed by atoms with Crippen LogP contribution in [0.3, 0.4) is 0 Å². The smallest absolute Gasteiger partial charge is 0.223 e. The lowest BCUT2D eigenvalue weighted by atomic mass is 9.71. The Morgan fingerprint density at radius 3 is 1.90 bits per heavy atom. The van der Waals surface area contributed by atoms with Crippen molar-refractivity contribution in [1.29, 1.82) is 0 Å². The highest BCUT2D eigenvalue weighted by Crippen LogP contribution is 2.36. The van der Waals surface area contributed by atoms with Gasteiger partial charge in [-0.3, -0.25) is 4.79 Å². The second-order valence-electron chi connectivity index (χ2n) is 7.47. The van der Waals surface area contributed by atoms with Crippen LogP contribution >= 0.6 is 0 Å². The average Bonchev–Trinajstić information content (AvgIpc) is 2.31. The van der Waals surface area contributed by atoms with Crippen molar-refractivity contribution in [2.24, 2.45) is 22.5 Å². The second-order valence-corrected chi connectivity index (χ2v) is 7.47. The second kappa shape index (κ2) is 10.2. The Morgan fingerprint density at radius 1 is 1.05 bits per heavy atom. The molecule has 0 spiro atoms. The fourth-order valence-corrected chi connectivity index (χ4v) is 2.01. The number of hydrogen-bond acceptors (Lipinski definition) is 2. The summed E-state index contributed by atoms with van der Waals surface area (Å²) in [6.07, 6.45) is 2.85. The molecule has 0 radical (unpaired) electrons. The topological polar surface area (TPSA) is 55.1 Å². The minimum atomic E-state index is 0.00519. The van der Waals surface area contributed by atoms with Gasteiger partial charge >= 0.3 is 0 Å². The molecule has 3 nitrogen and oxygen atoms in total. The molecule has 1 unspecified atom stereocenters. The summed E-state index contributed by atoms with van der Waals surface area (Å²) in [6, 6.07) is 0. The van der Waals surface area contributed by atoms with Crippen molar-refractivity contribution in [1.82, 2.24) is 5.32 Å². The molecule has 3 N–H and O–H groups in total. The maximum absolute atomic E-state index is 12.3. The largest absolute Gasteiger partial charge is 0.356 e. The molecule has 122 valence electrons. The van der Waals surface area contributed by atoms with E-state index in [9.17, 15) is 4.79 Å². The van der Waals surface area contributed by atoms with Crippen LogP contribution in [0.2, 0.25) is 0 Å². The third-order valence-corrected chi connectivity index (χ3v) is 3.11. The van der Waals surface area contributed by atoms with Gasteiger partial charge in [0.15, 0.2) is 0 Å². The van der Waals surface area contributed by atoms with E-state index in [1.807, 2.05) is 13.8 Å². The minimum Gasteiger partial charge on any atom is -0.356 e. The molecule has 0 saturated heterocycles. The molecule has 0 heterocycles. The van der Waals surface area contributed by atoms with Gasteiger partial charge in [0.1, 0.15) is 0 Å². The SMILES string of the molecule is CC.CC(C)(C)CC(C(=O)NCCCCN)C(C)(C)C. The molecule has 0 bridgehead atoms. The third kappa shape index (κ3) is 11.3. The first-order valence-corrected chi connectivity index (χ1v) is 8.06. The number of carbonyl (C=O) groups is 1. The van der Waals surface area contributed by atoms with E-state index in [1.165, 1.54) is 0 Å². The van der Waals surface area contributed by atoms with Crippen LogP contribution in [0.4, 0.5) is 0 Å². The molecule has 0 aliphatic carbocycles. The Kier molecular flexibility index (Phi) is 11.1. The molecule has 0 rings (SSSR count). The number of hydrogen-bond donors (Lipinski definition) is 2. The molecule has 1 amide bonds. The van der Waals surface area contributed by atoms with Gasteiger partial charge < -0.3 is 11.1 Å². The molecule has 0 fully saturated rings. The highest BCUT2D eigenvalue weighted by Gasteiger charge is 2.34. The number of nitrogens with one attached hydrogen (secondary N) is 1. The van der Waals surface area contributed by atoms with Gasteiger partial charge in [-0.25, -0.2) is 0 Å². The molecular formula is C17H38N2O. The standard InChI is InChI=1S/C15H32N2O.C2H6/c1-14(2,3)11-12(15(4,5)6)13(18)17-10-8-7-9-16;1-2/h12H,7-11,16H2,1-6H3,(H,17,18);1-2H3. The molecule has 20 heavy (non-hydrogen) atoms. The molecular weight excluding hydrogens is 248 g/mol. The van der Waals surface area contributed by atoms with Gasteiger partial charge in [-0.2, -0.15) is 0 Å². The molecule has 0 saturated carbocycles. The summed E-state index contributed by atoms with van der Waals surface area (Å²) in [5, 5.41) is 3.05. The van der Waals surface area contributed by atoms with Gasteiger partial charge in [0.05, 0.1) is 0 Å². The molecule has 0 aliphatic rings. The van der Waals surface area contributed by atoms with E-state index in [4.69, 9.17) is 5.73 Å². The molecule has 1 atom stereocenters. The Labute approximate surface area is 127 Å². The maximum Gasteiger partial charge on any atom is 0.223 e. The minimum absolute atomic E-state index is 0.00519. The van der Waals surface area contributed by atoms with Crippen molar-refractivity contribution in [3.63, 3.8) is 0 Å². The summed E-state index contributed by atoms with van der Waals surface area (Å²) in [5.74, 6) is 0.254. The van der Waals surface area contributed by atoms with Crippen LogP contribution in [0.1, 0.15) is 74.7 Å². The summed E-state index contributed by atoms with van der Waals surface area (Å²) in [7, 11) is 0. The van der Waals surface area contributed by atoms with Gasteiger partial charge in [0.2, 0.25) is 5.91 Å². The summed E-state index contributed by atoms with van der Waals surface area (Å²) >= 11 is 0. The predicted molar refractivity (Wildman–Crippen MR) is 89.7 cm³/mol. The van der Waals surface area contributed by atoms with Gasteiger partial charge in [-0.15, -0.1) is 0 Å². The zero-order valence-electron chi connectivity index (χ0n) is 15.1. The number of amides is 1. The highest BCUT2D eigenvalue weighted by atomic mass is 16.1. The Hall–Kier alpha value is -0.570. The van der Waals surface area contributed by atoms with E-state index in [0.29, 0.717) is 6.54 Å². The Morgan fingerprint density at radius 2 is 1.55 bits per heavy atom. The first-order valence-electron chi connectivity index (χ1n) is 8.06. The quantitative estimate of drug-likeness (QED) is 0.726. The van der Waals surface area contributed by atoms with Gasteiger partial charge in [0, 0.05) is 12.5 Å². The zero-order chi connectivity index (χ0) is 16.4. The van der Waals surface area contributed by atoms with E-state index < -0.39 is 0 Å². The first kappa shape index (κ1) is 21.7. The van der Waals surface area contributed by atoms with Gasteiger partial charge in [-0.05, 0) is 36.6 Å². The molecule has 0 aromatic rings. The van der Waals surface area contributed by atoms with Crippen molar-refractivity contribution in [3.05, 3.63) is 0 Å². The summed E-state index contributed by atoms with van der Waals surface area (Å²) < 4.78 is 0. The van der Waals surface area contributed by atoms with Crippen LogP contribution < -0.4 is 11.1 Å². The average molecular weight is 287 g/mol. The normalized spacial score (nSPS) is 13.2. The lowest BCUT2D eigenvalue weighted by Crippen LogP contribution is -2.40. The molecule has 0 aromatic carbocycles. The van der Waals surface area contributed by atoms with Gasteiger partial charge in [0.25, 0.3) is 0 Å². The van der Waals surface area contributed by atoms with E-state index >= 15 is 0 Å². The van der Waals surface area contributed by atoms with Crippen molar-refractivity contribution in [2.45, 2.75) is 74.7 Å². The Bertz CT molecular complexity index is 249.